The second-order valence-electron chi connectivity index (χ2n) is 10.3. The average molecular weight is 548 g/mol. The second-order valence-corrected chi connectivity index (χ2v) is 10.3. The first-order valence-electron chi connectivity index (χ1n) is 12.8. The summed E-state index contributed by atoms with van der Waals surface area (Å²) in [4.78, 5) is 39.5. The number of hydrogen-bond donors (Lipinski definition) is 4. The first-order chi connectivity index (χ1) is 18.3. The van der Waals surface area contributed by atoms with Gasteiger partial charge in [-0.25, -0.2) is 9.18 Å². The van der Waals surface area contributed by atoms with E-state index in [1.807, 2.05) is 30.6 Å². The number of benzene rings is 1. The van der Waals surface area contributed by atoms with E-state index in [0.29, 0.717) is 0 Å². The molecule has 1 aromatic carbocycles. The van der Waals surface area contributed by atoms with Gasteiger partial charge in [-0.05, 0) is 56.3 Å². The van der Waals surface area contributed by atoms with Gasteiger partial charge in [0.2, 0.25) is 0 Å². The van der Waals surface area contributed by atoms with Crippen LogP contribution in [0.15, 0.2) is 48.8 Å². The Morgan fingerprint density at radius 2 is 1.56 bits per heavy atom. The van der Waals surface area contributed by atoms with Crippen LogP contribution < -0.4 is 0 Å². The molecule has 39 heavy (non-hydrogen) atoms. The van der Waals surface area contributed by atoms with E-state index in [2.05, 4.69) is 34.9 Å². The molecule has 0 bridgehead atoms. The lowest BCUT2D eigenvalue weighted by Gasteiger charge is -2.36. The minimum Gasteiger partial charge on any atom is -0.481 e. The summed E-state index contributed by atoms with van der Waals surface area (Å²) in [5.74, 6) is -5.17. The van der Waals surface area contributed by atoms with E-state index < -0.39 is 36.4 Å². The summed E-state index contributed by atoms with van der Waals surface area (Å²) in [6.07, 6.45) is 6.38. The molecule has 2 aromatic rings. The Labute approximate surface area is 227 Å². The number of hydrogen-bond acceptors (Lipinski definition) is 7. The second kappa shape index (κ2) is 14.7. The molecule has 0 aliphatic heterocycles. The molecule has 0 amide bonds. The molecule has 11 heteroatoms. The molecule has 1 aliphatic carbocycles. The summed E-state index contributed by atoms with van der Waals surface area (Å²) in [7, 11) is 4.24. The van der Waals surface area contributed by atoms with E-state index in [9.17, 15) is 18.8 Å². The maximum atomic E-state index is 13.4. The molecule has 0 unspecified atom stereocenters. The van der Waals surface area contributed by atoms with Gasteiger partial charge in [-0.3, -0.25) is 19.5 Å². The van der Waals surface area contributed by atoms with E-state index in [4.69, 9.17) is 20.4 Å². The largest absolute Gasteiger partial charge is 0.481 e. The Balaban J connectivity index is 0.000000349. The van der Waals surface area contributed by atoms with Crippen molar-refractivity contribution in [3.63, 3.8) is 0 Å². The van der Waals surface area contributed by atoms with Crippen LogP contribution in [0.25, 0.3) is 0 Å². The van der Waals surface area contributed by atoms with Crippen LogP contribution in [0.5, 0.6) is 0 Å². The highest BCUT2D eigenvalue weighted by molar-refractivity contribution is 5.88. The number of carboxylic acids is 3. The van der Waals surface area contributed by atoms with Crippen molar-refractivity contribution in [2.24, 2.45) is 0 Å². The van der Waals surface area contributed by atoms with Crippen molar-refractivity contribution in [1.82, 2.24) is 14.8 Å². The minimum absolute atomic E-state index is 0.141. The smallest absolute Gasteiger partial charge is 0.336 e. The molecule has 1 fully saturated rings. The molecule has 1 saturated carbocycles. The predicted molar refractivity (Wildman–Crippen MR) is 142 cm³/mol. The number of nitrogens with zero attached hydrogens (tertiary/aromatic N) is 3. The third-order valence-electron chi connectivity index (χ3n) is 6.82. The van der Waals surface area contributed by atoms with Crippen molar-refractivity contribution >= 4 is 17.9 Å². The Hall–Kier alpha value is -3.41. The fourth-order valence-corrected chi connectivity index (χ4v) is 4.84. The van der Waals surface area contributed by atoms with Gasteiger partial charge in [0.25, 0.3) is 0 Å². The average Bonchev–Trinajstić information content (AvgIpc) is 3.32. The summed E-state index contributed by atoms with van der Waals surface area (Å²) in [6.45, 7) is 3.97. The quantitative estimate of drug-likeness (QED) is 0.295. The fourth-order valence-electron chi connectivity index (χ4n) is 4.84. The van der Waals surface area contributed by atoms with Crippen molar-refractivity contribution in [1.29, 1.82) is 0 Å². The number of halogens is 1. The van der Waals surface area contributed by atoms with Gasteiger partial charge in [0.1, 0.15) is 5.82 Å². The normalized spacial score (nSPS) is 14.6. The molecule has 10 nitrogen and oxygen atoms in total. The molecule has 0 radical (unpaired) electrons. The lowest BCUT2D eigenvalue weighted by atomic mass is 9.78. The van der Waals surface area contributed by atoms with Gasteiger partial charge in [-0.15, -0.1) is 0 Å². The van der Waals surface area contributed by atoms with Crippen molar-refractivity contribution in [3.05, 3.63) is 65.7 Å². The fraction of sp³-hybridized carbons (Fsp3) is 0.500. The highest BCUT2D eigenvalue weighted by atomic mass is 19.1. The summed E-state index contributed by atoms with van der Waals surface area (Å²) in [6, 6.07) is 11.4. The third-order valence-corrected chi connectivity index (χ3v) is 6.82. The van der Waals surface area contributed by atoms with E-state index in [1.165, 1.54) is 36.8 Å². The molecule has 1 aliphatic rings. The zero-order valence-corrected chi connectivity index (χ0v) is 22.4. The highest BCUT2D eigenvalue weighted by Gasteiger charge is 2.41. The molecule has 0 saturated heterocycles. The van der Waals surface area contributed by atoms with Gasteiger partial charge in [0.05, 0.1) is 12.8 Å². The number of likely N-dealkylation sites (N-methyl/N-ethyl adjacent to an activating group) is 1. The minimum atomic E-state index is -2.74. The number of carboxylic acid groups (broad SMARTS) is 3. The standard InChI is InChI=1S/C22H30FN3.C6H8O7/c1-25(2)14-15-26(17-19-6-5-13-24-16-19)18-22(11-3-4-12-22)20-7-9-21(23)10-8-20;7-3(8)1-6(13,5(11)12)2-4(9)10/h5-10,13,16H,3-4,11-12,14-15,17-18H2,1-2H3;13H,1-2H2,(H,7,8)(H,9,10)(H,11,12). The molecular formula is C28H38FN3O7. The van der Waals surface area contributed by atoms with Crippen LogP contribution >= 0.6 is 0 Å². The van der Waals surface area contributed by atoms with Crippen LogP contribution in [0.2, 0.25) is 0 Å². The van der Waals surface area contributed by atoms with Gasteiger partial charge < -0.3 is 25.3 Å². The lowest BCUT2D eigenvalue weighted by Crippen LogP contribution is -2.42. The summed E-state index contributed by atoms with van der Waals surface area (Å²) in [5.41, 5.74) is -0.0594. The van der Waals surface area contributed by atoms with Crippen LogP contribution in [-0.4, -0.2) is 92.4 Å². The summed E-state index contributed by atoms with van der Waals surface area (Å²) in [5, 5.41) is 33.8. The van der Waals surface area contributed by atoms with Gasteiger partial charge in [0, 0.05) is 44.0 Å². The van der Waals surface area contributed by atoms with Crippen molar-refractivity contribution in [2.75, 3.05) is 33.7 Å². The number of aliphatic carboxylic acids is 3. The molecule has 0 atom stereocenters. The number of aromatic nitrogens is 1. The van der Waals surface area contributed by atoms with Crippen LogP contribution in [0.1, 0.15) is 49.7 Å². The molecule has 1 heterocycles. The van der Waals surface area contributed by atoms with Crippen molar-refractivity contribution in [3.8, 4) is 0 Å². The highest BCUT2D eigenvalue weighted by Crippen LogP contribution is 2.42. The Kier molecular flexibility index (Phi) is 12.0. The molecular weight excluding hydrogens is 509 g/mol. The Morgan fingerprint density at radius 1 is 0.974 bits per heavy atom. The van der Waals surface area contributed by atoms with E-state index in [-0.39, 0.29) is 11.2 Å². The molecule has 214 valence electrons. The summed E-state index contributed by atoms with van der Waals surface area (Å²) < 4.78 is 13.4. The first kappa shape index (κ1) is 31.8. The van der Waals surface area contributed by atoms with Crippen LogP contribution in [0, 0.1) is 5.82 Å². The van der Waals surface area contributed by atoms with Crippen molar-refractivity contribution in [2.45, 2.75) is 56.1 Å². The number of aliphatic hydroxyl groups is 1. The van der Waals surface area contributed by atoms with Gasteiger partial charge in [0.15, 0.2) is 5.60 Å². The van der Waals surface area contributed by atoms with E-state index in [0.717, 1.165) is 26.2 Å². The zero-order chi connectivity index (χ0) is 29.1. The third kappa shape index (κ3) is 10.3. The Morgan fingerprint density at radius 3 is 2.03 bits per heavy atom. The number of pyridine rings is 1. The predicted octanol–water partition coefficient (Wildman–Crippen LogP) is 2.85. The molecule has 3 rings (SSSR count). The van der Waals surface area contributed by atoms with Gasteiger partial charge in [-0.1, -0.05) is 31.0 Å². The number of carbonyl (C=O) groups is 3. The van der Waals surface area contributed by atoms with Crippen molar-refractivity contribution < 1.29 is 39.2 Å². The van der Waals surface area contributed by atoms with Crippen LogP contribution in [0.3, 0.4) is 0 Å². The summed E-state index contributed by atoms with van der Waals surface area (Å²) >= 11 is 0. The first-order valence-corrected chi connectivity index (χ1v) is 12.8. The van der Waals surface area contributed by atoms with Gasteiger partial charge >= 0.3 is 17.9 Å². The van der Waals surface area contributed by atoms with Crippen LogP contribution in [-0.2, 0) is 26.3 Å². The van der Waals surface area contributed by atoms with E-state index in [1.54, 1.807) is 12.1 Å². The van der Waals surface area contributed by atoms with Gasteiger partial charge in [-0.2, -0.15) is 0 Å². The maximum absolute atomic E-state index is 13.4. The molecule has 4 N–H and O–H groups in total. The number of rotatable bonds is 13. The Bertz CT molecular complexity index is 1060. The zero-order valence-electron chi connectivity index (χ0n) is 22.4. The lowest BCUT2D eigenvalue weighted by molar-refractivity contribution is -0.170. The van der Waals surface area contributed by atoms with E-state index >= 15 is 0 Å². The topological polar surface area (TPSA) is 152 Å². The SMILES string of the molecule is CN(C)CCN(Cc1cccnc1)CC1(c2ccc(F)cc2)CCCC1.O=C(O)CC(O)(CC(=O)O)C(=O)O. The maximum Gasteiger partial charge on any atom is 0.336 e. The van der Waals surface area contributed by atoms with Crippen LogP contribution in [0.4, 0.5) is 4.39 Å². The molecule has 1 aromatic heterocycles. The molecule has 0 spiro atoms. The monoisotopic (exact) mass is 547 g/mol.